The molecular formula is C12H15ClN2O2. The van der Waals surface area contributed by atoms with Crippen molar-refractivity contribution in [1.82, 2.24) is 5.32 Å². The van der Waals surface area contributed by atoms with Crippen LogP contribution in [0, 0.1) is 5.41 Å². The highest BCUT2D eigenvalue weighted by molar-refractivity contribution is 6.32. The molecule has 0 saturated carbocycles. The third kappa shape index (κ3) is 2.91. The molecule has 4 nitrogen and oxygen atoms in total. The highest BCUT2D eigenvalue weighted by Crippen LogP contribution is 2.25. The first-order valence-electron chi connectivity index (χ1n) is 5.01. The lowest BCUT2D eigenvalue weighted by Gasteiger charge is -2.11. The number of methoxy groups -OCH3 is 1. The summed E-state index contributed by atoms with van der Waals surface area (Å²) in [5.74, 6) is 0.532. The Bertz CT molecular complexity index is 464. The van der Waals surface area contributed by atoms with Crippen LogP contribution in [0.1, 0.15) is 12.5 Å². The first kappa shape index (κ1) is 13.4. The molecule has 1 rings (SSSR count). The molecule has 0 fully saturated rings. The fourth-order valence-corrected chi connectivity index (χ4v) is 1.62. The fraction of sp³-hybridized carbons (Fsp3) is 0.250. The minimum atomic E-state index is 0.00503. The van der Waals surface area contributed by atoms with Crippen molar-refractivity contribution in [2.24, 2.45) is 0 Å². The monoisotopic (exact) mass is 254 g/mol. The molecule has 1 aromatic carbocycles. The van der Waals surface area contributed by atoms with Crippen LogP contribution in [-0.4, -0.2) is 25.0 Å². The molecule has 92 valence electrons. The molecule has 0 aliphatic carbocycles. The molecule has 0 heterocycles. The van der Waals surface area contributed by atoms with E-state index in [1.54, 1.807) is 26.1 Å². The molecule has 0 bridgehead atoms. The zero-order valence-electron chi connectivity index (χ0n) is 9.97. The molecule has 3 N–H and O–H groups in total. The lowest BCUT2D eigenvalue weighted by molar-refractivity contribution is 0.265. The number of hydrogen-bond acceptors (Lipinski definition) is 4. The van der Waals surface area contributed by atoms with Crippen LogP contribution in [0.4, 0.5) is 0 Å². The Hall–Kier alpha value is -1.68. The van der Waals surface area contributed by atoms with E-state index in [0.717, 1.165) is 0 Å². The van der Waals surface area contributed by atoms with E-state index in [1.165, 1.54) is 13.2 Å². The van der Waals surface area contributed by atoms with Gasteiger partial charge in [0.15, 0.2) is 5.88 Å². The van der Waals surface area contributed by atoms with Crippen molar-refractivity contribution in [3.63, 3.8) is 0 Å². The number of nitrogens with one attached hydrogen (secondary N) is 2. The summed E-state index contributed by atoms with van der Waals surface area (Å²) in [5.41, 5.74) is 1.57. The summed E-state index contributed by atoms with van der Waals surface area (Å²) in [7, 11) is 3.26. The van der Waals surface area contributed by atoms with E-state index in [9.17, 15) is 5.11 Å². The third-order valence-corrected chi connectivity index (χ3v) is 2.69. The number of rotatable bonds is 4. The van der Waals surface area contributed by atoms with Crippen LogP contribution >= 0.6 is 11.6 Å². The van der Waals surface area contributed by atoms with Crippen molar-refractivity contribution < 1.29 is 9.84 Å². The van der Waals surface area contributed by atoms with Gasteiger partial charge in [0.2, 0.25) is 0 Å². The predicted molar refractivity (Wildman–Crippen MR) is 68.7 cm³/mol. The predicted octanol–water partition coefficient (Wildman–Crippen LogP) is 2.51. The second-order valence-electron chi connectivity index (χ2n) is 3.45. The number of benzene rings is 1. The van der Waals surface area contributed by atoms with E-state index in [0.29, 0.717) is 17.0 Å². The van der Waals surface area contributed by atoms with Crippen LogP contribution in [0.2, 0.25) is 5.02 Å². The minimum absolute atomic E-state index is 0.00503. The minimum Gasteiger partial charge on any atom is -0.506 e. The Kier molecular flexibility index (Phi) is 4.40. The van der Waals surface area contributed by atoms with Gasteiger partial charge in [-0.05, 0) is 25.1 Å². The normalized spacial score (nSPS) is 11.8. The van der Waals surface area contributed by atoms with E-state index >= 15 is 0 Å². The molecule has 0 radical (unpaired) electrons. The molecule has 5 heteroatoms. The summed E-state index contributed by atoms with van der Waals surface area (Å²) < 4.78 is 5.10. The van der Waals surface area contributed by atoms with Crippen molar-refractivity contribution in [3.8, 4) is 5.75 Å². The van der Waals surface area contributed by atoms with Gasteiger partial charge >= 0.3 is 0 Å². The number of hydrogen-bond donors (Lipinski definition) is 3. The van der Waals surface area contributed by atoms with Gasteiger partial charge in [-0.1, -0.05) is 11.6 Å². The second-order valence-corrected chi connectivity index (χ2v) is 3.86. The Morgan fingerprint density at radius 3 is 2.59 bits per heavy atom. The first-order chi connectivity index (χ1) is 8.01. The van der Waals surface area contributed by atoms with Crippen molar-refractivity contribution in [1.29, 1.82) is 5.41 Å². The Morgan fingerprint density at radius 2 is 2.12 bits per heavy atom. The number of halogens is 1. The molecule has 0 atom stereocenters. The summed E-state index contributed by atoms with van der Waals surface area (Å²) in [6, 6.07) is 4.65. The summed E-state index contributed by atoms with van der Waals surface area (Å²) in [5, 5.41) is 20.4. The Labute approximate surface area is 105 Å². The molecule has 1 aromatic rings. The molecule has 0 aliphatic rings. The summed E-state index contributed by atoms with van der Waals surface area (Å²) in [6.45, 7) is 1.78. The van der Waals surface area contributed by atoms with Crippen molar-refractivity contribution >= 4 is 17.3 Å². The number of aromatic hydroxyl groups is 1. The summed E-state index contributed by atoms with van der Waals surface area (Å²) in [6.07, 6.45) is 0. The van der Waals surface area contributed by atoms with Crippen molar-refractivity contribution in [2.45, 2.75) is 6.92 Å². The van der Waals surface area contributed by atoms with E-state index in [4.69, 9.17) is 21.7 Å². The maximum absolute atomic E-state index is 9.31. The fourth-order valence-electron chi connectivity index (χ4n) is 1.44. The third-order valence-electron chi connectivity index (χ3n) is 2.38. The molecule has 17 heavy (non-hydrogen) atoms. The van der Waals surface area contributed by atoms with Crippen molar-refractivity contribution in [2.75, 3.05) is 14.2 Å². The van der Waals surface area contributed by atoms with Gasteiger partial charge in [0.25, 0.3) is 0 Å². The van der Waals surface area contributed by atoms with Crippen LogP contribution < -0.4 is 5.32 Å². The molecule has 0 unspecified atom stereocenters. The molecular weight excluding hydrogens is 240 g/mol. The van der Waals surface area contributed by atoms with Gasteiger partial charge in [-0.25, -0.2) is 0 Å². The number of allylic oxidation sites excluding steroid dienone is 1. The molecule has 0 spiro atoms. The van der Waals surface area contributed by atoms with Gasteiger partial charge in [-0.2, -0.15) is 0 Å². The van der Waals surface area contributed by atoms with Gasteiger partial charge in [0.1, 0.15) is 5.75 Å². The summed E-state index contributed by atoms with van der Waals surface area (Å²) in [4.78, 5) is 0. The van der Waals surface area contributed by atoms with Crippen LogP contribution in [-0.2, 0) is 4.74 Å². The molecule has 0 amide bonds. The van der Waals surface area contributed by atoms with Gasteiger partial charge in [0.05, 0.1) is 17.8 Å². The van der Waals surface area contributed by atoms with E-state index < -0.39 is 0 Å². The van der Waals surface area contributed by atoms with Crippen LogP contribution in [0.3, 0.4) is 0 Å². The second kappa shape index (κ2) is 5.59. The van der Waals surface area contributed by atoms with Gasteiger partial charge in [-0.15, -0.1) is 0 Å². The highest BCUT2D eigenvalue weighted by atomic mass is 35.5. The number of phenols is 1. The summed E-state index contributed by atoms with van der Waals surface area (Å²) >= 11 is 5.80. The SMILES string of the molecule is CN/C(OC)=C(/C)C(=N)c1ccc(O)c(Cl)c1. The standard InChI is InChI=1S/C12H15ClN2O2/c1-7(12(15-2)17-3)11(14)8-4-5-10(16)9(13)6-8/h4-6,14-16H,1-3H3/b12-7+,14-11?. The topological polar surface area (TPSA) is 65.3 Å². The first-order valence-corrected chi connectivity index (χ1v) is 5.39. The lowest BCUT2D eigenvalue weighted by Crippen LogP contribution is -2.14. The van der Waals surface area contributed by atoms with E-state index in [-0.39, 0.29) is 16.5 Å². The maximum Gasteiger partial charge on any atom is 0.191 e. The van der Waals surface area contributed by atoms with Gasteiger partial charge < -0.3 is 15.2 Å². The number of ether oxygens (including phenoxy) is 1. The van der Waals surface area contributed by atoms with Crippen LogP contribution in [0.25, 0.3) is 0 Å². The largest absolute Gasteiger partial charge is 0.506 e. The van der Waals surface area contributed by atoms with Crippen LogP contribution in [0.15, 0.2) is 29.7 Å². The van der Waals surface area contributed by atoms with Gasteiger partial charge in [-0.3, -0.25) is 5.41 Å². The van der Waals surface area contributed by atoms with Crippen molar-refractivity contribution in [3.05, 3.63) is 40.2 Å². The average Bonchev–Trinajstić information content (AvgIpc) is 2.33. The molecule has 0 aromatic heterocycles. The maximum atomic E-state index is 9.31. The van der Waals surface area contributed by atoms with Gasteiger partial charge in [0, 0.05) is 18.2 Å². The number of phenolic OH excluding ortho intramolecular Hbond substituents is 1. The Morgan fingerprint density at radius 1 is 1.47 bits per heavy atom. The zero-order valence-corrected chi connectivity index (χ0v) is 10.7. The highest BCUT2D eigenvalue weighted by Gasteiger charge is 2.11. The lowest BCUT2D eigenvalue weighted by atomic mass is 10.0. The quantitative estimate of drug-likeness (QED) is 0.571. The molecule has 0 saturated heterocycles. The average molecular weight is 255 g/mol. The van der Waals surface area contributed by atoms with E-state index in [2.05, 4.69) is 5.32 Å². The molecule has 0 aliphatic heterocycles. The smallest absolute Gasteiger partial charge is 0.191 e. The zero-order chi connectivity index (χ0) is 13.0. The van der Waals surface area contributed by atoms with E-state index in [1.807, 2.05) is 0 Å². The van der Waals surface area contributed by atoms with Crippen LogP contribution in [0.5, 0.6) is 5.75 Å². The Balaban J connectivity index is 3.12.